The average molecular weight is 470 g/mol. The summed E-state index contributed by atoms with van der Waals surface area (Å²) in [6.07, 6.45) is 0. The number of fused-ring (bicyclic) bond motifs is 2. The van der Waals surface area contributed by atoms with Crippen molar-refractivity contribution in [2.24, 2.45) is 0 Å². The molecule has 0 aromatic heterocycles. The Bertz CT molecular complexity index is 1290. The molecule has 0 bridgehead atoms. The lowest BCUT2D eigenvalue weighted by atomic mass is 10.0. The Hall–Kier alpha value is -4.32. The number of anilines is 2. The smallest absolute Gasteiger partial charge is 0.151 e. The van der Waals surface area contributed by atoms with Crippen LogP contribution in [0.5, 0.6) is 34.5 Å². The van der Waals surface area contributed by atoms with Crippen molar-refractivity contribution in [3.05, 3.63) is 72.8 Å². The van der Waals surface area contributed by atoms with Gasteiger partial charge >= 0.3 is 0 Å². The summed E-state index contributed by atoms with van der Waals surface area (Å²) in [6.45, 7) is 0. The van der Waals surface area contributed by atoms with E-state index in [1.807, 2.05) is 55.6 Å². The van der Waals surface area contributed by atoms with Crippen LogP contribution in [-0.4, -0.2) is 35.5 Å². The normalized spacial score (nSPS) is 11.7. The van der Waals surface area contributed by atoms with Crippen LogP contribution in [-0.2, 0) is 0 Å². The fourth-order valence-electron chi connectivity index (χ4n) is 4.40. The first-order valence-corrected chi connectivity index (χ1v) is 11.2. The Morgan fingerprint density at radius 3 is 1.40 bits per heavy atom. The van der Waals surface area contributed by atoms with Crippen LogP contribution in [0.1, 0.15) is 0 Å². The molecular formula is C29H27NO5. The largest absolute Gasteiger partial charge is 0.497 e. The fourth-order valence-corrected chi connectivity index (χ4v) is 4.40. The van der Waals surface area contributed by atoms with E-state index in [-0.39, 0.29) is 0 Å². The van der Waals surface area contributed by atoms with E-state index in [0.717, 1.165) is 68.1 Å². The van der Waals surface area contributed by atoms with Gasteiger partial charge in [-0.25, -0.2) is 0 Å². The van der Waals surface area contributed by atoms with Crippen molar-refractivity contribution >= 4 is 11.4 Å². The van der Waals surface area contributed by atoms with E-state index in [1.165, 1.54) is 0 Å². The molecule has 0 atom stereocenters. The molecule has 5 rings (SSSR count). The summed E-state index contributed by atoms with van der Waals surface area (Å²) >= 11 is 0. The lowest BCUT2D eigenvalue weighted by Crippen LogP contribution is -2.15. The van der Waals surface area contributed by atoms with Crippen LogP contribution in [0.3, 0.4) is 0 Å². The van der Waals surface area contributed by atoms with Gasteiger partial charge in [-0.05, 0) is 59.7 Å². The second-order valence-corrected chi connectivity index (χ2v) is 8.16. The zero-order valence-electron chi connectivity index (χ0n) is 20.4. The second kappa shape index (κ2) is 9.14. The van der Waals surface area contributed by atoms with Crippen molar-refractivity contribution in [3.8, 4) is 56.8 Å². The third kappa shape index (κ3) is 3.97. The van der Waals surface area contributed by atoms with E-state index in [1.54, 1.807) is 28.4 Å². The Kier molecular flexibility index (Phi) is 5.87. The Morgan fingerprint density at radius 1 is 0.543 bits per heavy atom. The molecule has 1 heterocycles. The van der Waals surface area contributed by atoms with Crippen LogP contribution in [0.4, 0.5) is 11.4 Å². The van der Waals surface area contributed by atoms with Gasteiger partial charge in [0.1, 0.15) is 23.0 Å². The zero-order chi connectivity index (χ0) is 24.5. The summed E-state index contributed by atoms with van der Waals surface area (Å²) in [5, 5.41) is 0. The molecule has 178 valence electrons. The van der Waals surface area contributed by atoms with E-state index in [4.69, 9.17) is 23.7 Å². The molecule has 0 amide bonds. The van der Waals surface area contributed by atoms with Crippen molar-refractivity contribution in [3.63, 3.8) is 0 Å². The Morgan fingerprint density at radius 2 is 1.00 bits per heavy atom. The number of hydrogen-bond acceptors (Lipinski definition) is 6. The maximum atomic E-state index is 6.44. The molecule has 0 N–H and O–H groups in total. The highest BCUT2D eigenvalue weighted by molar-refractivity contribution is 5.84. The van der Waals surface area contributed by atoms with Crippen LogP contribution in [0.25, 0.3) is 22.3 Å². The molecule has 6 nitrogen and oxygen atoms in total. The van der Waals surface area contributed by atoms with Gasteiger partial charge < -0.3 is 28.6 Å². The van der Waals surface area contributed by atoms with Gasteiger partial charge in [-0.2, -0.15) is 0 Å². The average Bonchev–Trinajstić information content (AvgIpc) is 2.91. The van der Waals surface area contributed by atoms with Crippen LogP contribution in [0.2, 0.25) is 0 Å². The molecular weight excluding hydrogens is 442 g/mol. The van der Waals surface area contributed by atoms with Gasteiger partial charge in [0.15, 0.2) is 11.5 Å². The van der Waals surface area contributed by atoms with Gasteiger partial charge in [0, 0.05) is 30.3 Å². The number of methoxy groups -OCH3 is 4. The van der Waals surface area contributed by atoms with Crippen LogP contribution in [0, 0.1) is 0 Å². The monoisotopic (exact) mass is 469 g/mol. The molecule has 4 aromatic rings. The summed E-state index contributed by atoms with van der Waals surface area (Å²) in [7, 11) is 8.65. The van der Waals surface area contributed by atoms with Crippen LogP contribution in [0.15, 0.2) is 72.8 Å². The SMILES string of the molecule is COc1ccc(-c2ccc3c(c2)Oc2cc(-c4ccc(OC)cc4OC)ccc2N3C)c(OC)c1. The summed E-state index contributed by atoms with van der Waals surface area (Å²) in [4.78, 5) is 2.14. The van der Waals surface area contributed by atoms with Crippen LogP contribution < -0.4 is 28.6 Å². The van der Waals surface area contributed by atoms with E-state index in [2.05, 4.69) is 29.2 Å². The maximum absolute atomic E-state index is 6.44. The topological polar surface area (TPSA) is 49.4 Å². The minimum atomic E-state index is 0.739. The van der Waals surface area contributed by atoms with Crippen molar-refractivity contribution in [1.29, 1.82) is 0 Å². The number of hydrogen-bond donors (Lipinski definition) is 0. The second-order valence-electron chi connectivity index (χ2n) is 8.16. The minimum absolute atomic E-state index is 0.739. The standard InChI is InChI=1S/C29H27NO5/c1-30-24-12-6-18(22-10-8-20(31-2)16-26(22)33-4)14-28(24)35-29-15-19(7-13-25(29)30)23-11-9-21(32-3)17-27(23)34-5/h6-17H,1-5H3. The summed E-state index contributed by atoms with van der Waals surface area (Å²) in [5.41, 5.74) is 5.89. The van der Waals surface area contributed by atoms with Crippen molar-refractivity contribution in [2.75, 3.05) is 40.4 Å². The van der Waals surface area contributed by atoms with E-state index >= 15 is 0 Å². The highest BCUT2D eigenvalue weighted by atomic mass is 16.5. The van der Waals surface area contributed by atoms with Gasteiger partial charge in [0.25, 0.3) is 0 Å². The molecule has 0 radical (unpaired) electrons. The van der Waals surface area contributed by atoms with Gasteiger partial charge in [-0.15, -0.1) is 0 Å². The molecule has 1 aliphatic rings. The molecule has 0 aliphatic carbocycles. The molecule has 0 unspecified atom stereocenters. The highest BCUT2D eigenvalue weighted by Crippen LogP contribution is 2.49. The molecule has 0 spiro atoms. The van der Waals surface area contributed by atoms with Gasteiger partial charge in [-0.3, -0.25) is 0 Å². The zero-order valence-corrected chi connectivity index (χ0v) is 20.4. The third-order valence-electron chi connectivity index (χ3n) is 6.30. The predicted molar refractivity (Wildman–Crippen MR) is 138 cm³/mol. The van der Waals surface area contributed by atoms with Crippen molar-refractivity contribution < 1.29 is 23.7 Å². The van der Waals surface area contributed by atoms with Crippen molar-refractivity contribution in [1.82, 2.24) is 0 Å². The first-order chi connectivity index (χ1) is 17.1. The number of rotatable bonds is 6. The van der Waals surface area contributed by atoms with Gasteiger partial charge in [-0.1, -0.05) is 12.1 Å². The Balaban J connectivity index is 1.54. The highest BCUT2D eigenvalue weighted by Gasteiger charge is 2.24. The molecule has 0 fully saturated rings. The number of ether oxygens (including phenoxy) is 5. The van der Waals surface area contributed by atoms with Crippen LogP contribution >= 0.6 is 0 Å². The lowest BCUT2D eigenvalue weighted by Gasteiger charge is -2.30. The van der Waals surface area contributed by atoms with E-state index in [9.17, 15) is 0 Å². The molecule has 6 heteroatoms. The molecule has 0 saturated carbocycles. The maximum Gasteiger partial charge on any atom is 0.151 e. The number of benzene rings is 4. The lowest BCUT2D eigenvalue weighted by molar-refractivity contribution is 0.395. The van der Waals surface area contributed by atoms with Crippen molar-refractivity contribution in [2.45, 2.75) is 0 Å². The molecule has 0 saturated heterocycles. The minimum Gasteiger partial charge on any atom is -0.497 e. The van der Waals surface area contributed by atoms with E-state index in [0.29, 0.717) is 0 Å². The molecule has 35 heavy (non-hydrogen) atoms. The number of nitrogens with zero attached hydrogens (tertiary/aromatic N) is 1. The van der Waals surface area contributed by atoms with E-state index < -0.39 is 0 Å². The molecule has 1 aliphatic heterocycles. The van der Waals surface area contributed by atoms with Gasteiger partial charge in [0.05, 0.1) is 39.8 Å². The Labute approximate surface area is 205 Å². The first-order valence-electron chi connectivity index (χ1n) is 11.2. The summed E-state index contributed by atoms with van der Waals surface area (Å²) in [6, 6.07) is 24.0. The first kappa shape index (κ1) is 22.5. The predicted octanol–water partition coefficient (Wildman–Crippen LogP) is 6.93. The fraction of sp³-hybridized carbons (Fsp3) is 0.172. The van der Waals surface area contributed by atoms with Gasteiger partial charge in [0.2, 0.25) is 0 Å². The summed E-state index contributed by atoms with van der Waals surface area (Å²) in [5.74, 6) is 4.51. The quantitative estimate of drug-likeness (QED) is 0.305. The third-order valence-corrected chi connectivity index (χ3v) is 6.30. The molecule has 4 aromatic carbocycles. The summed E-state index contributed by atoms with van der Waals surface area (Å²) < 4.78 is 28.3.